The number of phenolic OH excluding ortho intramolecular Hbond substituents is 1. The van der Waals surface area contributed by atoms with E-state index >= 15 is 0 Å². The molecule has 27 heavy (non-hydrogen) atoms. The summed E-state index contributed by atoms with van der Waals surface area (Å²) in [6.45, 7) is 3.90. The molecule has 0 aliphatic rings. The zero-order valence-electron chi connectivity index (χ0n) is 14.8. The monoisotopic (exact) mass is 405 g/mol. The average molecular weight is 406 g/mol. The molecule has 0 spiro atoms. The number of benzene rings is 1. The first-order valence-corrected chi connectivity index (χ1v) is 9.40. The second kappa shape index (κ2) is 9.79. The van der Waals surface area contributed by atoms with Gasteiger partial charge in [0.1, 0.15) is 10.8 Å². The van der Waals surface area contributed by atoms with Crippen LogP contribution in [0.3, 0.4) is 0 Å². The molecular formula is C18H19N3O4S2. The van der Waals surface area contributed by atoms with Crippen LogP contribution in [0.5, 0.6) is 5.75 Å². The van der Waals surface area contributed by atoms with Crippen LogP contribution in [0.2, 0.25) is 0 Å². The number of hydrogen-bond acceptors (Lipinski definition) is 7. The van der Waals surface area contributed by atoms with E-state index in [0.29, 0.717) is 16.1 Å². The van der Waals surface area contributed by atoms with E-state index in [2.05, 4.69) is 15.8 Å². The molecule has 1 heterocycles. The zero-order valence-corrected chi connectivity index (χ0v) is 16.4. The van der Waals surface area contributed by atoms with Crippen LogP contribution in [0.15, 0.2) is 35.4 Å². The normalized spacial score (nSPS) is 10.6. The predicted octanol–water partition coefficient (Wildman–Crippen LogP) is 3.08. The van der Waals surface area contributed by atoms with Gasteiger partial charge >= 0.3 is 5.97 Å². The number of phenols is 1. The number of thiocarbonyl (C=S) groups is 1. The van der Waals surface area contributed by atoms with E-state index in [4.69, 9.17) is 17.0 Å². The van der Waals surface area contributed by atoms with Crippen molar-refractivity contribution in [3.8, 4) is 5.75 Å². The fourth-order valence-electron chi connectivity index (χ4n) is 2.04. The molecule has 0 aliphatic carbocycles. The smallest absolute Gasteiger partial charge is 0.341 e. The van der Waals surface area contributed by atoms with E-state index < -0.39 is 11.9 Å². The van der Waals surface area contributed by atoms with Gasteiger partial charge in [0.25, 0.3) is 5.91 Å². The lowest BCUT2D eigenvalue weighted by atomic mass is 10.2. The van der Waals surface area contributed by atoms with Crippen molar-refractivity contribution in [1.29, 1.82) is 0 Å². The number of amides is 1. The quantitative estimate of drug-likeness (QED) is 0.296. The number of hydrogen-bond donors (Lipinski definition) is 3. The fraction of sp³-hybridized carbons (Fsp3) is 0.222. The summed E-state index contributed by atoms with van der Waals surface area (Å²) in [5.41, 5.74) is 3.21. The van der Waals surface area contributed by atoms with Gasteiger partial charge in [0.05, 0.1) is 18.4 Å². The standard InChI is InChI=1S/C18H19N3O4S2/c1-3-12-9-13(18(24)25-4-2)17(27-12)20-15(23)16(26)21-19-10-11-7-5-6-8-14(11)22/h5-10,22H,3-4H2,1-2H3,(H,20,23)(H,21,26)/b19-10-. The number of ether oxygens (including phenoxy) is 1. The number of carbonyl (C=O) groups excluding carboxylic acids is 2. The highest BCUT2D eigenvalue weighted by atomic mass is 32.1. The minimum absolute atomic E-state index is 0.0585. The van der Waals surface area contributed by atoms with E-state index in [-0.39, 0.29) is 17.3 Å². The summed E-state index contributed by atoms with van der Waals surface area (Å²) in [7, 11) is 0. The van der Waals surface area contributed by atoms with Crippen molar-refractivity contribution in [1.82, 2.24) is 5.43 Å². The number of nitrogens with one attached hydrogen (secondary N) is 2. The van der Waals surface area contributed by atoms with Gasteiger partial charge in [-0.05, 0) is 31.5 Å². The lowest BCUT2D eigenvalue weighted by molar-refractivity contribution is -0.110. The first kappa shape index (κ1) is 20.5. The number of esters is 1. The Labute approximate surface area is 166 Å². The van der Waals surface area contributed by atoms with Crippen LogP contribution in [-0.4, -0.2) is 34.8 Å². The molecule has 0 unspecified atom stereocenters. The number of aryl methyl sites for hydroxylation is 1. The lowest BCUT2D eigenvalue weighted by Crippen LogP contribution is -2.31. The Kier molecular flexibility index (Phi) is 7.44. The Bertz CT molecular complexity index is 877. The Hall–Kier alpha value is -2.78. The highest BCUT2D eigenvalue weighted by Crippen LogP contribution is 2.29. The zero-order chi connectivity index (χ0) is 19.8. The van der Waals surface area contributed by atoms with Crippen LogP contribution < -0.4 is 10.7 Å². The van der Waals surface area contributed by atoms with Gasteiger partial charge in [0.15, 0.2) is 4.99 Å². The number of aromatic hydroxyl groups is 1. The Morgan fingerprint density at radius 2 is 2.07 bits per heavy atom. The first-order chi connectivity index (χ1) is 13.0. The molecule has 9 heteroatoms. The molecule has 1 aromatic carbocycles. The van der Waals surface area contributed by atoms with Crippen LogP contribution >= 0.6 is 23.6 Å². The maximum absolute atomic E-state index is 12.3. The molecule has 7 nitrogen and oxygen atoms in total. The van der Waals surface area contributed by atoms with Crippen molar-refractivity contribution in [3.63, 3.8) is 0 Å². The summed E-state index contributed by atoms with van der Waals surface area (Å²) in [4.78, 5) is 25.1. The van der Waals surface area contributed by atoms with Crippen molar-refractivity contribution < 1.29 is 19.4 Å². The van der Waals surface area contributed by atoms with Gasteiger partial charge in [0.2, 0.25) is 0 Å². The topological polar surface area (TPSA) is 100 Å². The molecule has 1 amide bonds. The van der Waals surface area contributed by atoms with Crippen molar-refractivity contribution in [2.45, 2.75) is 20.3 Å². The second-order valence-electron chi connectivity index (χ2n) is 5.24. The number of rotatable bonds is 6. The van der Waals surface area contributed by atoms with Gasteiger partial charge in [-0.25, -0.2) is 4.79 Å². The molecule has 142 valence electrons. The van der Waals surface area contributed by atoms with Crippen molar-refractivity contribution in [2.24, 2.45) is 5.10 Å². The number of carbonyl (C=O) groups is 2. The van der Waals surface area contributed by atoms with Gasteiger partial charge in [-0.1, -0.05) is 31.3 Å². The number of nitrogens with zero attached hydrogens (tertiary/aromatic N) is 1. The molecule has 0 saturated heterocycles. The molecule has 0 aliphatic heterocycles. The fourth-order valence-corrected chi connectivity index (χ4v) is 3.12. The molecule has 1 aromatic heterocycles. The van der Waals surface area contributed by atoms with Crippen LogP contribution in [0.1, 0.15) is 34.6 Å². The maximum atomic E-state index is 12.3. The van der Waals surface area contributed by atoms with Crippen LogP contribution in [0.4, 0.5) is 5.00 Å². The van der Waals surface area contributed by atoms with Gasteiger partial charge in [-0.3, -0.25) is 10.2 Å². The largest absolute Gasteiger partial charge is 0.507 e. The van der Waals surface area contributed by atoms with E-state index in [9.17, 15) is 14.7 Å². The first-order valence-electron chi connectivity index (χ1n) is 8.18. The predicted molar refractivity (Wildman–Crippen MR) is 110 cm³/mol. The van der Waals surface area contributed by atoms with Crippen molar-refractivity contribution in [2.75, 3.05) is 11.9 Å². The van der Waals surface area contributed by atoms with Gasteiger partial charge in [0, 0.05) is 10.4 Å². The summed E-state index contributed by atoms with van der Waals surface area (Å²) in [5.74, 6) is -1.04. The lowest BCUT2D eigenvalue weighted by Gasteiger charge is -2.06. The molecule has 2 rings (SSSR count). The molecule has 0 atom stereocenters. The molecule has 3 N–H and O–H groups in total. The summed E-state index contributed by atoms with van der Waals surface area (Å²) < 4.78 is 5.01. The molecule has 2 aromatic rings. The van der Waals surface area contributed by atoms with E-state index in [1.807, 2.05) is 6.92 Å². The molecule has 0 radical (unpaired) electrons. The Morgan fingerprint density at radius 3 is 2.74 bits per heavy atom. The third kappa shape index (κ3) is 5.60. The van der Waals surface area contributed by atoms with E-state index in [1.165, 1.54) is 23.6 Å². The SMILES string of the molecule is CCOC(=O)c1cc(CC)sc1NC(=O)C(=S)N/N=C\c1ccccc1O. The van der Waals surface area contributed by atoms with Gasteiger partial charge < -0.3 is 15.2 Å². The number of thiophene rings is 1. The summed E-state index contributed by atoms with van der Waals surface area (Å²) in [6.07, 6.45) is 2.07. The molecule has 0 fully saturated rings. The number of hydrazone groups is 1. The van der Waals surface area contributed by atoms with E-state index in [1.54, 1.807) is 31.2 Å². The summed E-state index contributed by atoms with van der Waals surface area (Å²) in [6, 6.07) is 8.31. The van der Waals surface area contributed by atoms with Crippen molar-refractivity contribution in [3.05, 3.63) is 46.3 Å². The van der Waals surface area contributed by atoms with E-state index in [0.717, 1.165) is 11.3 Å². The van der Waals surface area contributed by atoms with Crippen LogP contribution in [0.25, 0.3) is 0 Å². The highest BCUT2D eigenvalue weighted by Gasteiger charge is 2.20. The van der Waals surface area contributed by atoms with Gasteiger partial charge in [-0.15, -0.1) is 11.3 Å². The summed E-state index contributed by atoms with van der Waals surface area (Å²) >= 11 is 6.30. The Balaban J connectivity index is 2.04. The Morgan fingerprint density at radius 1 is 1.33 bits per heavy atom. The third-order valence-electron chi connectivity index (χ3n) is 3.37. The molecular weight excluding hydrogens is 386 g/mol. The van der Waals surface area contributed by atoms with Crippen LogP contribution in [-0.2, 0) is 16.0 Å². The molecule has 0 saturated carbocycles. The third-order valence-corrected chi connectivity index (χ3v) is 4.84. The number of para-hydroxylation sites is 1. The highest BCUT2D eigenvalue weighted by molar-refractivity contribution is 7.82. The average Bonchev–Trinajstić information content (AvgIpc) is 3.06. The second-order valence-corrected chi connectivity index (χ2v) is 6.79. The maximum Gasteiger partial charge on any atom is 0.341 e. The minimum Gasteiger partial charge on any atom is -0.507 e. The molecule has 0 bridgehead atoms. The van der Waals surface area contributed by atoms with Gasteiger partial charge in [-0.2, -0.15) is 5.10 Å². The van der Waals surface area contributed by atoms with Crippen molar-refractivity contribution >= 4 is 51.6 Å². The van der Waals surface area contributed by atoms with Crippen LogP contribution in [0, 0.1) is 0 Å². The number of anilines is 1. The minimum atomic E-state index is -0.602. The summed E-state index contributed by atoms with van der Waals surface area (Å²) in [5, 5.41) is 16.5.